The first-order chi connectivity index (χ1) is 5.75. The van der Waals surface area contributed by atoms with Crippen molar-refractivity contribution in [1.82, 2.24) is 0 Å². The molecule has 0 aliphatic heterocycles. The molecule has 1 aromatic carbocycles. The third-order valence-electron chi connectivity index (χ3n) is 1.91. The zero-order chi connectivity index (χ0) is 8.97. The van der Waals surface area contributed by atoms with Gasteiger partial charge >= 0.3 is 0 Å². The number of nitrogens with one attached hydrogen (secondary N) is 1. The fourth-order valence-electron chi connectivity index (χ4n) is 1.07. The third-order valence-corrected chi connectivity index (χ3v) is 1.91. The van der Waals surface area contributed by atoms with Gasteiger partial charge < -0.3 is 4.74 Å². The van der Waals surface area contributed by atoms with E-state index in [9.17, 15) is 0 Å². The molecule has 0 bridgehead atoms. The van der Waals surface area contributed by atoms with Crippen LogP contribution in [0.1, 0.15) is 18.4 Å². The predicted octanol–water partition coefficient (Wildman–Crippen LogP) is 2.41. The van der Waals surface area contributed by atoms with Gasteiger partial charge in [-0.3, -0.25) is 5.41 Å². The zero-order valence-corrected chi connectivity index (χ0v) is 7.37. The van der Waals surface area contributed by atoms with Gasteiger partial charge in [-0.25, -0.2) is 0 Å². The van der Waals surface area contributed by atoms with Gasteiger partial charge in [0, 0.05) is 0 Å². The summed E-state index contributed by atoms with van der Waals surface area (Å²) in [5.41, 5.74) is 1.12. The molecule has 1 rings (SSSR count). The van der Waals surface area contributed by atoms with E-state index < -0.39 is 0 Å². The minimum absolute atomic E-state index is 0.0520. The van der Waals surface area contributed by atoms with Crippen LogP contribution in [0, 0.1) is 5.41 Å². The highest BCUT2D eigenvalue weighted by atomic mass is 16.5. The van der Waals surface area contributed by atoms with E-state index in [1.54, 1.807) is 0 Å². The summed E-state index contributed by atoms with van der Waals surface area (Å²) >= 11 is 0. The van der Waals surface area contributed by atoms with E-state index in [4.69, 9.17) is 10.1 Å². The molecular formula is C10H13NO. The van der Waals surface area contributed by atoms with Crippen LogP contribution in [0.2, 0.25) is 0 Å². The zero-order valence-electron chi connectivity index (χ0n) is 7.37. The molecule has 0 radical (unpaired) electrons. The SMILES string of the molecule is COC(=N)[C@@H](C)c1ccccc1. The van der Waals surface area contributed by atoms with E-state index >= 15 is 0 Å². The number of benzene rings is 1. The smallest absolute Gasteiger partial charge is 0.187 e. The van der Waals surface area contributed by atoms with E-state index in [2.05, 4.69) is 0 Å². The second-order valence-corrected chi connectivity index (χ2v) is 2.70. The summed E-state index contributed by atoms with van der Waals surface area (Å²) in [6, 6.07) is 9.90. The van der Waals surface area contributed by atoms with Gasteiger partial charge in [-0.1, -0.05) is 30.3 Å². The van der Waals surface area contributed by atoms with Crippen LogP contribution < -0.4 is 0 Å². The first kappa shape index (κ1) is 8.78. The molecular weight excluding hydrogens is 150 g/mol. The number of rotatable bonds is 2. The lowest BCUT2D eigenvalue weighted by Crippen LogP contribution is -2.09. The van der Waals surface area contributed by atoms with Gasteiger partial charge in [0.25, 0.3) is 0 Å². The van der Waals surface area contributed by atoms with Gasteiger partial charge in [0.15, 0.2) is 5.90 Å². The Morgan fingerprint density at radius 3 is 2.42 bits per heavy atom. The van der Waals surface area contributed by atoms with E-state index in [1.165, 1.54) is 7.11 Å². The average molecular weight is 163 g/mol. The number of methoxy groups -OCH3 is 1. The lowest BCUT2D eigenvalue weighted by molar-refractivity contribution is 0.380. The fraction of sp³-hybridized carbons (Fsp3) is 0.300. The minimum Gasteiger partial charge on any atom is -0.484 e. The number of ether oxygens (including phenoxy) is 1. The van der Waals surface area contributed by atoms with Crippen LogP contribution in [0.25, 0.3) is 0 Å². The van der Waals surface area contributed by atoms with E-state index in [-0.39, 0.29) is 5.92 Å². The Bertz CT molecular complexity index is 256. The van der Waals surface area contributed by atoms with Gasteiger partial charge in [0.05, 0.1) is 13.0 Å². The van der Waals surface area contributed by atoms with Crippen molar-refractivity contribution in [2.45, 2.75) is 12.8 Å². The highest BCUT2D eigenvalue weighted by Gasteiger charge is 2.10. The van der Waals surface area contributed by atoms with E-state index in [0.717, 1.165) is 5.56 Å². The highest BCUT2D eigenvalue weighted by Crippen LogP contribution is 2.15. The maximum atomic E-state index is 7.46. The van der Waals surface area contributed by atoms with Gasteiger partial charge in [0.1, 0.15) is 0 Å². The van der Waals surface area contributed by atoms with Crippen LogP contribution >= 0.6 is 0 Å². The van der Waals surface area contributed by atoms with Crippen LogP contribution in [0.15, 0.2) is 30.3 Å². The molecule has 2 heteroatoms. The molecule has 1 N–H and O–H groups in total. The molecule has 2 nitrogen and oxygen atoms in total. The second kappa shape index (κ2) is 3.90. The highest BCUT2D eigenvalue weighted by molar-refractivity contribution is 5.80. The van der Waals surface area contributed by atoms with Crippen LogP contribution in [0.5, 0.6) is 0 Å². The van der Waals surface area contributed by atoms with E-state index in [1.807, 2.05) is 37.3 Å². The second-order valence-electron chi connectivity index (χ2n) is 2.70. The average Bonchev–Trinajstić information content (AvgIpc) is 2.17. The van der Waals surface area contributed by atoms with Gasteiger partial charge in [-0.2, -0.15) is 0 Å². The monoisotopic (exact) mass is 163 g/mol. The predicted molar refractivity (Wildman–Crippen MR) is 49.6 cm³/mol. The molecule has 1 aromatic rings. The van der Waals surface area contributed by atoms with Gasteiger partial charge in [0.2, 0.25) is 0 Å². The largest absolute Gasteiger partial charge is 0.484 e. The minimum atomic E-state index is 0.0520. The fourth-order valence-corrected chi connectivity index (χ4v) is 1.07. The summed E-state index contributed by atoms with van der Waals surface area (Å²) in [5, 5.41) is 7.46. The van der Waals surface area contributed by atoms with Crippen molar-refractivity contribution in [2.75, 3.05) is 7.11 Å². The van der Waals surface area contributed by atoms with Crippen molar-refractivity contribution in [2.24, 2.45) is 0 Å². The molecule has 64 valence electrons. The molecule has 12 heavy (non-hydrogen) atoms. The van der Waals surface area contributed by atoms with Crippen molar-refractivity contribution in [1.29, 1.82) is 5.41 Å². The quantitative estimate of drug-likeness (QED) is 0.527. The van der Waals surface area contributed by atoms with Crippen molar-refractivity contribution in [3.05, 3.63) is 35.9 Å². The maximum Gasteiger partial charge on any atom is 0.187 e. The van der Waals surface area contributed by atoms with Crippen molar-refractivity contribution >= 4 is 5.90 Å². The molecule has 0 aromatic heterocycles. The molecule has 0 heterocycles. The molecule has 0 aliphatic rings. The summed E-state index contributed by atoms with van der Waals surface area (Å²) < 4.78 is 4.85. The van der Waals surface area contributed by atoms with Gasteiger partial charge in [-0.05, 0) is 12.5 Å². The Balaban J connectivity index is 2.78. The van der Waals surface area contributed by atoms with E-state index in [0.29, 0.717) is 5.90 Å². The molecule has 0 aliphatic carbocycles. The summed E-state index contributed by atoms with van der Waals surface area (Å²) in [7, 11) is 1.53. The molecule has 0 spiro atoms. The Labute approximate surface area is 72.7 Å². The molecule has 0 amide bonds. The topological polar surface area (TPSA) is 33.1 Å². The summed E-state index contributed by atoms with van der Waals surface area (Å²) in [4.78, 5) is 0. The molecule has 0 fully saturated rings. The summed E-state index contributed by atoms with van der Waals surface area (Å²) in [6.07, 6.45) is 0. The molecule has 0 saturated carbocycles. The van der Waals surface area contributed by atoms with Crippen LogP contribution in [-0.2, 0) is 4.74 Å². The number of hydrogen-bond acceptors (Lipinski definition) is 2. The Hall–Kier alpha value is -1.31. The first-order valence-corrected chi connectivity index (χ1v) is 3.93. The van der Waals surface area contributed by atoms with Gasteiger partial charge in [-0.15, -0.1) is 0 Å². The standard InChI is InChI=1S/C10H13NO/c1-8(10(11)12-2)9-6-4-3-5-7-9/h3-8,11H,1-2H3/t8-/m0/s1. The Kier molecular flexibility index (Phi) is 2.86. The third kappa shape index (κ3) is 1.84. The lowest BCUT2D eigenvalue weighted by Gasteiger charge is -2.11. The molecule has 0 unspecified atom stereocenters. The summed E-state index contributed by atoms with van der Waals surface area (Å²) in [6.45, 7) is 1.96. The number of hydrogen-bond donors (Lipinski definition) is 1. The maximum absolute atomic E-state index is 7.46. The first-order valence-electron chi connectivity index (χ1n) is 3.93. The molecule has 1 atom stereocenters. The van der Waals surface area contributed by atoms with Crippen LogP contribution in [-0.4, -0.2) is 13.0 Å². The summed E-state index contributed by atoms with van der Waals surface area (Å²) in [5.74, 6) is 0.359. The Morgan fingerprint density at radius 1 is 1.33 bits per heavy atom. The van der Waals surface area contributed by atoms with Crippen molar-refractivity contribution < 1.29 is 4.74 Å². The lowest BCUT2D eigenvalue weighted by atomic mass is 10.0. The normalized spacial score (nSPS) is 12.2. The van der Waals surface area contributed by atoms with Crippen LogP contribution in [0.3, 0.4) is 0 Å². The van der Waals surface area contributed by atoms with Crippen molar-refractivity contribution in [3.8, 4) is 0 Å². The Morgan fingerprint density at radius 2 is 1.92 bits per heavy atom. The molecule has 0 saturated heterocycles. The van der Waals surface area contributed by atoms with Crippen LogP contribution in [0.4, 0.5) is 0 Å². The van der Waals surface area contributed by atoms with Crippen molar-refractivity contribution in [3.63, 3.8) is 0 Å².